The van der Waals surface area contributed by atoms with Crippen molar-refractivity contribution in [1.29, 1.82) is 0 Å². The first kappa shape index (κ1) is 18.2. The minimum absolute atomic E-state index is 0.0754. The zero-order valence-electron chi connectivity index (χ0n) is 13.7. The van der Waals surface area contributed by atoms with Crippen LogP contribution in [0.5, 0.6) is 0 Å². The molecule has 0 aliphatic heterocycles. The van der Waals surface area contributed by atoms with E-state index in [0.717, 1.165) is 18.2 Å². The maximum atomic E-state index is 13.9. The Bertz CT molecular complexity index is 863. The normalized spacial score (nSPS) is 11.2. The van der Waals surface area contributed by atoms with Crippen LogP contribution in [0.1, 0.15) is 26.3 Å². The van der Waals surface area contributed by atoms with Crippen molar-refractivity contribution in [1.82, 2.24) is 0 Å². The number of hydrogen-bond acceptors (Lipinski definition) is 5. The number of nitro benzene ring substituents is 2. The van der Waals surface area contributed by atoms with Crippen molar-refractivity contribution in [3.8, 4) is 0 Å². The van der Waals surface area contributed by atoms with E-state index in [4.69, 9.17) is 0 Å². The van der Waals surface area contributed by atoms with E-state index in [1.807, 2.05) is 0 Å². The Morgan fingerprint density at radius 3 is 2.12 bits per heavy atom. The smallest absolute Gasteiger partial charge is 0.299 e. The molecule has 0 amide bonds. The highest BCUT2D eigenvalue weighted by Gasteiger charge is 2.30. The summed E-state index contributed by atoms with van der Waals surface area (Å²) < 4.78 is 27.0. The van der Waals surface area contributed by atoms with Gasteiger partial charge in [-0.05, 0) is 23.1 Å². The molecule has 7 nitrogen and oxygen atoms in total. The van der Waals surface area contributed by atoms with Crippen LogP contribution in [0, 0.1) is 31.9 Å². The summed E-state index contributed by atoms with van der Waals surface area (Å²) in [5, 5.41) is 25.1. The minimum Gasteiger partial charge on any atom is -0.347 e. The van der Waals surface area contributed by atoms with E-state index in [0.29, 0.717) is 6.07 Å². The van der Waals surface area contributed by atoms with Gasteiger partial charge in [-0.3, -0.25) is 20.2 Å². The first-order valence-corrected chi connectivity index (χ1v) is 7.20. The van der Waals surface area contributed by atoms with Crippen molar-refractivity contribution in [3.05, 3.63) is 67.8 Å². The third-order valence-corrected chi connectivity index (χ3v) is 3.51. The summed E-state index contributed by atoms with van der Waals surface area (Å²) in [5.74, 6) is -1.73. The maximum absolute atomic E-state index is 13.9. The van der Waals surface area contributed by atoms with Gasteiger partial charge in [-0.25, -0.2) is 8.78 Å². The summed E-state index contributed by atoms with van der Waals surface area (Å²) in [6.45, 7) is 5.13. The molecule has 0 unspecified atom stereocenters. The van der Waals surface area contributed by atoms with E-state index >= 15 is 0 Å². The summed E-state index contributed by atoms with van der Waals surface area (Å²) in [6, 6.07) is 4.74. The van der Waals surface area contributed by atoms with E-state index < -0.39 is 38.3 Å². The second-order valence-corrected chi connectivity index (χ2v) is 6.40. The van der Waals surface area contributed by atoms with Crippen molar-refractivity contribution in [2.75, 3.05) is 5.32 Å². The first-order chi connectivity index (χ1) is 11.5. The number of halogens is 2. The number of anilines is 2. The molecule has 0 spiro atoms. The van der Waals surface area contributed by atoms with Crippen LogP contribution < -0.4 is 5.32 Å². The van der Waals surface area contributed by atoms with Crippen LogP contribution in [0.25, 0.3) is 0 Å². The average molecular weight is 351 g/mol. The highest BCUT2D eigenvalue weighted by Crippen LogP contribution is 2.41. The topological polar surface area (TPSA) is 98.3 Å². The Morgan fingerprint density at radius 2 is 1.64 bits per heavy atom. The molecule has 0 radical (unpaired) electrons. The van der Waals surface area contributed by atoms with Crippen LogP contribution in [0.4, 0.5) is 31.5 Å². The van der Waals surface area contributed by atoms with Crippen LogP contribution in [0.2, 0.25) is 0 Å². The van der Waals surface area contributed by atoms with Crippen LogP contribution in [0.15, 0.2) is 30.3 Å². The third-order valence-electron chi connectivity index (χ3n) is 3.51. The van der Waals surface area contributed by atoms with Crippen molar-refractivity contribution >= 4 is 22.7 Å². The molecular formula is C16H15F2N3O4. The number of non-ortho nitro benzene ring substituents is 1. The van der Waals surface area contributed by atoms with Crippen molar-refractivity contribution in [2.24, 2.45) is 0 Å². The summed E-state index contributed by atoms with van der Waals surface area (Å²) >= 11 is 0. The van der Waals surface area contributed by atoms with Gasteiger partial charge < -0.3 is 5.32 Å². The van der Waals surface area contributed by atoms with E-state index in [1.165, 1.54) is 6.07 Å². The van der Waals surface area contributed by atoms with Crippen LogP contribution in [0.3, 0.4) is 0 Å². The maximum Gasteiger partial charge on any atom is 0.299 e. The predicted octanol–water partition coefficient (Wildman–Crippen LogP) is 4.82. The molecule has 0 saturated heterocycles. The molecule has 0 saturated carbocycles. The highest BCUT2D eigenvalue weighted by atomic mass is 19.1. The van der Waals surface area contributed by atoms with Gasteiger partial charge in [-0.1, -0.05) is 20.8 Å². The quantitative estimate of drug-likeness (QED) is 0.629. The highest BCUT2D eigenvalue weighted by molar-refractivity contribution is 5.77. The second kappa shape index (κ2) is 6.42. The molecule has 0 heterocycles. The molecule has 25 heavy (non-hydrogen) atoms. The first-order valence-electron chi connectivity index (χ1n) is 7.20. The third kappa shape index (κ3) is 3.87. The lowest BCUT2D eigenvalue weighted by Crippen LogP contribution is -2.16. The van der Waals surface area contributed by atoms with Crippen LogP contribution in [-0.4, -0.2) is 9.85 Å². The summed E-state index contributed by atoms with van der Waals surface area (Å²) in [6.07, 6.45) is 0. The molecule has 2 rings (SSSR count). The zero-order valence-corrected chi connectivity index (χ0v) is 13.7. The zero-order chi connectivity index (χ0) is 18.9. The van der Waals surface area contributed by atoms with Gasteiger partial charge in [-0.15, -0.1) is 0 Å². The molecule has 9 heteroatoms. The molecule has 0 aliphatic rings. The number of nitrogens with zero attached hydrogens (tertiary/aromatic N) is 2. The van der Waals surface area contributed by atoms with E-state index in [-0.39, 0.29) is 16.9 Å². The van der Waals surface area contributed by atoms with Gasteiger partial charge >= 0.3 is 0 Å². The Kier molecular flexibility index (Phi) is 4.69. The lowest BCUT2D eigenvalue weighted by Gasteiger charge is -2.23. The molecule has 0 aliphatic carbocycles. The molecule has 2 aromatic rings. The largest absolute Gasteiger partial charge is 0.347 e. The van der Waals surface area contributed by atoms with Gasteiger partial charge in [0.1, 0.15) is 17.3 Å². The Morgan fingerprint density at radius 1 is 1.00 bits per heavy atom. The fourth-order valence-electron chi connectivity index (χ4n) is 2.31. The lowest BCUT2D eigenvalue weighted by atomic mass is 9.84. The van der Waals surface area contributed by atoms with E-state index in [2.05, 4.69) is 5.32 Å². The predicted molar refractivity (Wildman–Crippen MR) is 88.1 cm³/mol. The average Bonchev–Trinajstić information content (AvgIpc) is 2.48. The number of benzene rings is 2. The molecule has 1 N–H and O–H groups in total. The van der Waals surface area contributed by atoms with E-state index in [1.54, 1.807) is 20.8 Å². The fourth-order valence-corrected chi connectivity index (χ4v) is 2.31. The molecule has 0 bridgehead atoms. The monoisotopic (exact) mass is 351 g/mol. The molecule has 0 aromatic heterocycles. The summed E-state index contributed by atoms with van der Waals surface area (Å²) in [7, 11) is 0. The standard InChI is InChI=1S/C16H15F2N3O4/c1-16(2,3)11-7-10(20(22)23)8-14(21(24)25)15(11)19-13-5-4-9(17)6-12(13)18/h4-8,19H,1-3H3. The van der Waals surface area contributed by atoms with Crippen LogP contribution in [-0.2, 0) is 5.41 Å². The van der Waals surface area contributed by atoms with Crippen molar-refractivity contribution < 1.29 is 18.6 Å². The minimum atomic E-state index is -0.937. The molecular weight excluding hydrogens is 336 g/mol. The Balaban J connectivity index is 2.73. The van der Waals surface area contributed by atoms with Crippen molar-refractivity contribution in [3.63, 3.8) is 0 Å². The Labute approximate surface area is 141 Å². The molecule has 0 fully saturated rings. The Hall–Kier alpha value is -3.10. The second-order valence-electron chi connectivity index (χ2n) is 6.40. The van der Waals surface area contributed by atoms with Gasteiger partial charge in [0.05, 0.1) is 21.6 Å². The summed E-state index contributed by atoms with van der Waals surface area (Å²) in [5.41, 5.74) is -1.71. The van der Waals surface area contributed by atoms with Gasteiger partial charge in [0.25, 0.3) is 11.4 Å². The van der Waals surface area contributed by atoms with Gasteiger partial charge in [0.15, 0.2) is 0 Å². The van der Waals surface area contributed by atoms with E-state index in [9.17, 15) is 29.0 Å². The molecule has 132 valence electrons. The number of nitrogens with one attached hydrogen (secondary N) is 1. The number of nitro groups is 2. The van der Waals surface area contributed by atoms with Crippen LogP contribution >= 0.6 is 0 Å². The SMILES string of the molecule is CC(C)(C)c1cc([N+](=O)[O-])cc([N+](=O)[O-])c1Nc1ccc(F)cc1F. The molecule has 0 atom stereocenters. The number of hydrogen-bond donors (Lipinski definition) is 1. The summed E-state index contributed by atoms with van der Waals surface area (Å²) in [4.78, 5) is 21.0. The van der Waals surface area contributed by atoms with Crippen molar-refractivity contribution in [2.45, 2.75) is 26.2 Å². The van der Waals surface area contributed by atoms with Gasteiger partial charge in [0.2, 0.25) is 0 Å². The van der Waals surface area contributed by atoms with Gasteiger partial charge in [0, 0.05) is 12.1 Å². The number of rotatable bonds is 4. The van der Waals surface area contributed by atoms with Gasteiger partial charge in [-0.2, -0.15) is 0 Å². The fraction of sp³-hybridized carbons (Fsp3) is 0.250. The lowest BCUT2D eigenvalue weighted by molar-refractivity contribution is -0.393. The molecule has 2 aromatic carbocycles.